The fourth-order valence-electron chi connectivity index (χ4n) is 7.32. The van der Waals surface area contributed by atoms with E-state index in [4.69, 9.17) is 20.6 Å². The lowest BCUT2D eigenvalue weighted by Crippen LogP contribution is -2.51. The number of aliphatic hydroxyl groups is 2. The molecule has 4 atom stereocenters. The molecule has 2 aromatic rings. The fraction of sp³-hybridized carbons (Fsp3) is 0.652. The van der Waals surface area contributed by atoms with Gasteiger partial charge in [-0.1, -0.05) is 0 Å². The first kappa shape index (κ1) is 23.1. The summed E-state index contributed by atoms with van der Waals surface area (Å²) in [4.78, 5) is 32.0. The van der Waals surface area contributed by atoms with E-state index in [1.807, 2.05) is 0 Å². The smallest absolute Gasteiger partial charge is 0.312 e. The molecule has 2 aromatic heterocycles. The van der Waals surface area contributed by atoms with E-state index in [1.165, 1.54) is 30.2 Å². The van der Waals surface area contributed by atoms with Crippen molar-refractivity contribution in [2.24, 2.45) is 28.9 Å². The molecule has 0 radical (unpaired) electrons. The maximum Gasteiger partial charge on any atom is 0.312 e. The monoisotopic (exact) mass is 549 g/mol. The Morgan fingerprint density at radius 1 is 1.23 bits per heavy atom. The van der Waals surface area contributed by atoms with Gasteiger partial charge in [0.15, 0.2) is 11.7 Å². The van der Waals surface area contributed by atoms with Crippen molar-refractivity contribution in [2.45, 2.75) is 63.1 Å². The van der Waals surface area contributed by atoms with Crippen molar-refractivity contribution < 1.29 is 29.3 Å². The van der Waals surface area contributed by atoms with Gasteiger partial charge >= 0.3 is 5.97 Å². The highest BCUT2D eigenvalue weighted by molar-refractivity contribution is 9.10. The van der Waals surface area contributed by atoms with E-state index in [0.717, 1.165) is 19.3 Å². The number of nitrogens with one attached hydrogen (secondary N) is 2. The summed E-state index contributed by atoms with van der Waals surface area (Å²) in [5.41, 5.74) is 5.19. The van der Waals surface area contributed by atoms with E-state index in [9.17, 15) is 19.8 Å². The predicted octanol–water partition coefficient (Wildman–Crippen LogP) is 1.08. The van der Waals surface area contributed by atoms with Crippen molar-refractivity contribution in [3.63, 3.8) is 0 Å². The number of nitrogens with zero attached hydrogens (tertiary/aromatic N) is 2. The summed E-state index contributed by atoms with van der Waals surface area (Å²) < 4.78 is 13.3. The Balaban J connectivity index is 1.21. The molecule has 12 heteroatoms. The third kappa shape index (κ3) is 3.56. The average molecular weight is 550 g/mol. The number of halogens is 1. The number of primary amides is 1. The van der Waals surface area contributed by atoms with Gasteiger partial charge in [-0.3, -0.25) is 19.6 Å². The topological polar surface area (TPSA) is 177 Å². The number of amides is 1. The Morgan fingerprint density at radius 3 is 2.46 bits per heavy atom. The normalized spacial score (nSPS) is 37.7. The first-order valence-corrected chi connectivity index (χ1v) is 12.8. The van der Waals surface area contributed by atoms with Crippen LogP contribution in [0.1, 0.15) is 55.1 Å². The molecule has 0 unspecified atom stereocenters. The largest absolute Gasteiger partial charge is 0.462 e. The van der Waals surface area contributed by atoms with Crippen molar-refractivity contribution >= 4 is 38.8 Å². The van der Waals surface area contributed by atoms with E-state index in [1.54, 1.807) is 0 Å². The highest BCUT2D eigenvalue weighted by atomic mass is 79.9. The van der Waals surface area contributed by atoms with Crippen molar-refractivity contribution in [1.29, 1.82) is 5.41 Å². The molecule has 188 valence electrons. The van der Waals surface area contributed by atoms with Gasteiger partial charge in [0.1, 0.15) is 36.9 Å². The molecular formula is C23H28BrN5O6. The Morgan fingerprint density at radius 2 is 1.86 bits per heavy atom. The number of aromatic nitrogens is 3. The second-order valence-electron chi connectivity index (χ2n) is 10.7. The molecule has 0 aromatic carbocycles. The van der Waals surface area contributed by atoms with Crippen molar-refractivity contribution in [1.82, 2.24) is 14.5 Å². The van der Waals surface area contributed by atoms with Gasteiger partial charge in [0, 0.05) is 0 Å². The van der Waals surface area contributed by atoms with Gasteiger partial charge in [-0.05, 0) is 72.2 Å². The third-order valence-corrected chi connectivity index (χ3v) is 9.04. The van der Waals surface area contributed by atoms with Gasteiger partial charge < -0.3 is 30.4 Å². The number of ether oxygens (including phenoxy) is 2. The summed E-state index contributed by atoms with van der Waals surface area (Å²) >= 11 is 3.24. The van der Waals surface area contributed by atoms with Crippen molar-refractivity contribution in [3.05, 3.63) is 22.0 Å². The molecule has 1 saturated heterocycles. The lowest BCUT2D eigenvalue weighted by Gasteiger charge is -2.55. The second-order valence-corrected chi connectivity index (χ2v) is 11.5. The van der Waals surface area contributed by atoms with Crippen LogP contribution in [0.3, 0.4) is 0 Å². The molecule has 3 heterocycles. The fourth-order valence-corrected chi connectivity index (χ4v) is 7.90. The number of carbonyl (C=O) groups excluding carboxylic acids is 2. The number of fused-ring (bicyclic) bond motifs is 1. The standard InChI is InChI=1S/C23H28BrN5O6/c24-17-13(19(26)32)14-18(25)27-8-29(20(14)28-17)21-16(31)15(30)12(35-21)7-34-22(33)23-4-9-1-10(5-23)3-11(2-9)6-23/h8-12,15-16,21,25,28,30-31H,1-7H2,(H2,26,32)/t9?,10?,11?,12-,15+,16-,21-,23?/m0/s1. The Labute approximate surface area is 208 Å². The number of aromatic amines is 1. The zero-order chi connectivity index (χ0) is 24.6. The molecule has 11 nitrogen and oxygen atoms in total. The van der Waals surface area contributed by atoms with Crippen molar-refractivity contribution in [2.75, 3.05) is 6.61 Å². The molecule has 5 fully saturated rings. The van der Waals surface area contributed by atoms with Crippen LogP contribution in [0.2, 0.25) is 0 Å². The molecule has 35 heavy (non-hydrogen) atoms. The highest BCUT2D eigenvalue weighted by Crippen LogP contribution is 2.60. The molecule has 0 spiro atoms. The first-order chi connectivity index (χ1) is 16.7. The van der Waals surface area contributed by atoms with Gasteiger partial charge in [0.25, 0.3) is 5.91 Å². The van der Waals surface area contributed by atoms with E-state index in [2.05, 4.69) is 25.9 Å². The number of esters is 1. The zero-order valence-electron chi connectivity index (χ0n) is 18.9. The van der Waals surface area contributed by atoms with Gasteiger partial charge in [0.05, 0.1) is 21.0 Å². The Bertz CT molecular complexity index is 1240. The van der Waals surface area contributed by atoms with Gasteiger partial charge in [-0.15, -0.1) is 0 Å². The van der Waals surface area contributed by atoms with Crippen LogP contribution in [0.5, 0.6) is 0 Å². The van der Waals surface area contributed by atoms with E-state index in [0.29, 0.717) is 17.8 Å². The number of hydrogen-bond acceptors (Lipinski definition) is 8. The molecule has 7 rings (SSSR count). The van der Waals surface area contributed by atoms with Gasteiger partial charge in [-0.25, -0.2) is 4.98 Å². The summed E-state index contributed by atoms with van der Waals surface area (Å²) in [6, 6.07) is 0. The highest BCUT2D eigenvalue weighted by Gasteiger charge is 2.56. The first-order valence-electron chi connectivity index (χ1n) is 12.0. The van der Waals surface area contributed by atoms with E-state index in [-0.39, 0.29) is 39.3 Å². The third-order valence-electron chi connectivity index (χ3n) is 8.45. The zero-order valence-corrected chi connectivity index (χ0v) is 20.5. The van der Waals surface area contributed by atoms with Crippen LogP contribution in [0.4, 0.5) is 0 Å². The van der Waals surface area contributed by atoms with Crippen LogP contribution < -0.4 is 11.2 Å². The quantitative estimate of drug-likeness (QED) is 0.346. The van der Waals surface area contributed by atoms with Crippen molar-refractivity contribution in [3.8, 4) is 0 Å². The number of nitrogens with two attached hydrogens (primary N) is 1. The summed E-state index contributed by atoms with van der Waals surface area (Å²) in [7, 11) is 0. The number of aliphatic hydroxyl groups excluding tert-OH is 2. The molecule has 4 aliphatic carbocycles. The average Bonchev–Trinajstić information content (AvgIpc) is 3.29. The molecule has 4 bridgehead atoms. The predicted molar refractivity (Wildman–Crippen MR) is 124 cm³/mol. The summed E-state index contributed by atoms with van der Waals surface area (Å²) in [6.45, 7) is -0.177. The lowest BCUT2D eigenvalue weighted by atomic mass is 9.49. The van der Waals surface area contributed by atoms with Crippen LogP contribution in [-0.4, -0.2) is 61.5 Å². The van der Waals surface area contributed by atoms with Crippen LogP contribution in [0.15, 0.2) is 10.9 Å². The molecule has 4 saturated carbocycles. The summed E-state index contributed by atoms with van der Waals surface area (Å²) in [5.74, 6) is 0.832. The molecule has 6 N–H and O–H groups in total. The van der Waals surface area contributed by atoms with Gasteiger partial charge in [-0.2, -0.15) is 0 Å². The minimum Gasteiger partial charge on any atom is -0.462 e. The molecule has 5 aliphatic rings. The molecule has 1 amide bonds. The summed E-state index contributed by atoms with van der Waals surface area (Å²) in [5, 5.41) is 29.7. The second kappa shape index (κ2) is 8.12. The number of carbonyl (C=O) groups is 2. The van der Waals surface area contributed by atoms with Crippen LogP contribution in [-0.2, 0) is 14.3 Å². The SMILES string of the molecule is N=c1ncn([C@H]2O[C@@H](COC(=O)C34CC5CC(CC(C5)C3)C4)[C@@H](O)[C@@H]2O)c2[nH]c(Br)c(C(N)=O)c12. The maximum absolute atomic E-state index is 13.2. The molecular weight excluding hydrogens is 522 g/mol. The minimum atomic E-state index is -1.36. The summed E-state index contributed by atoms with van der Waals surface area (Å²) in [6.07, 6.45) is 2.86. The van der Waals surface area contributed by atoms with Crippen LogP contribution in [0, 0.1) is 28.6 Å². The van der Waals surface area contributed by atoms with Gasteiger partial charge in [0.2, 0.25) is 0 Å². The van der Waals surface area contributed by atoms with E-state index < -0.39 is 35.9 Å². The number of hydrogen-bond donors (Lipinski definition) is 5. The van der Waals surface area contributed by atoms with E-state index >= 15 is 0 Å². The lowest BCUT2D eigenvalue weighted by molar-refractivity contribution is -0.176. The number of rotatable bonds is 5. The maximum atomic E-state index is 13.2. The minimum absolute atomic E-state index is 0.0564. The Hall–Kier alpha value is -2.28. The Kier molecular flexibility index (Phi) is 5.37. The van der Waals surface area contributed by atoms with Crippen LogP contribution in [0.25, 0.3) is 11.0 Å². The number of H-pyrrole nitrogens is 1. The van der Waals surface area contributed by atoms with Crippen LogP contribution >= 0.6 is 15.9 Å². The molecule has 1 aliphatic heterocycles.